The molecule has 1 aromatic carbocycles. The Bertz CT molecular complexity index is 966. The molecule has 0 radical (unpaired) electrons. The van der Waals surface area contributed by atoms with Crippen molar-refractivity contribution in [1.82, 2.24) is 20.8 Å². The maximum Gasteiger partial charge on any atom is 0.219 e. The minimum Gasteiger partial charge on any atom is -0.439 e. The highest BCUT2D eigenvalue weighted by Crippen LogP contribution is 2.22. The fraction of sp³-hybridized carbons (Fsp3) is 0.348. The van der Waals surface area contributed by atoms with Gasteiger partial charge in [-0.3, -0.25) is 4.99 Å². The summed E-state index contributed by atoms with van der Waals surface area (Å²) in [5.41, 5.74) is 1.96. The normalized spacial score (nSPS) is 11.6. The summed E-state index contributed by atoms with van der Waals surface area (Å²) < 4.78 is 24.0. The molecule has 2 heterocycles. The number of benzene rings is 1. The molecular formula is C23H28FN5O2. The van der Waals surface area contributed by atoms with Gasteiger partial charge in [-0.25, -0.2) is 9.37 Å². The van der Waals surface area contributed by atoms with E-state index >= 15 is 0 Å². The molecule has 7 nitrogen and oxygen atoms in total. The van der Waals surface area contributed by atoms with E-state index in [9.17, 15) is 4.39 Å². The first-order valence-corrected chi connectivity index (χ1v) is 10.4. The van der Waals surface area contributed by atoms with E-state index in [1.165, 1.54) is 12.1 Å². The summed E-state index contributed by atoms with van der Waals surface area (Å²) in [6.07, 6.45) is 3.80. The first-order valence-electron chi connectivity index (χ1n) is 10.4. The topological polar surface area (TPSA) is 84.6 Å². The number of pyridine rings is 1. The Morgan fingerprint density at radius 3 is 2.48 bits per heavy atom. The van der Waals surface area contributed by atoms with Gasteiger partial charge in [0.2, 0.25) is 5.88 Å². The molecule has 0 saturated heterocycles. The Labute approximate surface area is 181 Å². The number of guanidine groups is 1. The number of nitrogens with one attached hydrogen (secondary N) is 2. The zero-order valence-electron chi connectivity index (χ0n) is 18.1. The van der Waals surface area contributed by atoms with Gasteiger partial charge < -0.3 is 19.9 Å². The molecule has 3 aromatic rings. The van der Waals surface area contributed by atoms with Crippen molar-refractivity contribution < 1.29 is 13.7 Å². The SMILES string of the molecule is CCC(CC)c1cc(CNC(=NC)NCc2ccc(Oc3ccc(F)cc3)nc2)on1. The lowest BCUT2D eigenvalue weighted by Crippen LogP contribution is -2.36. The Balaban J connectivity index is 1.47. The zero-order chi connectivity index (χ0) is 22.1. The van der Waals surface area contributed by atoms with Gasteiger partial charge in [-0.2, -0.15) is 0 Å². The second-order valence-electron chi connectivity index (χ2n) is 7.07. The Morgan fingerprint density at radius 1 is 1.10 bits per heavy atom. The van der Waals surface area contributed by atoms with Gasteiger partial charge in [0, 0.05) is 37.8 Å². The molecule has 0 aliphatic rings. The van der Waals surface area contributed by atoms with Gasteiger partial charge in [-0.1, -0.05) is 25.1 Å². The Hall–Kier alpha value is -3.42. The Kier molecular flexibility index (Phi) is 7.98. The van der Waals surface area contributed by atoms with Gasteiger partial charge >= 0.3 is 0 Å². The maximum atomic E-state index is 13.0. The molecule has 3 rings (SSSR count). The van der Waals surface area contributed by atoms with Crippen molar-refractivity contribution in [3.05, 3.63) is 71.5 Å². The van der Waals surface area contributed by atoms with E-state index < -0.39 is 0 Å². The molecule has 0 spiro atoms. The number of halogens is 1. The predicted molar refractivity (Wildman–Crippen MR) is 118 cm³/mol. The number of rotatable bonds is 9. The van der Waals surface area contributed by atoms with Crippen LogP contribution in [0.1, 0.15) is 49.6 Å². The van der Waals surface area contributed by atoms with Crippen molar-refractivity contribution in [3.8, 4) is 11.6 Å². The largest absolute Gasteiger partial charge is 0.439 e. The van der Waals surface area contributed by atoms with Gasteiger partial charge in [0.15, 0.2) is 11.7 Å². The number of hydrogen-bond donors (Lipinski definition) is 2. The highest BCUT2D eigenvalue weighted by molar-refractivity contribution is 5.79. The van der Waals surface area contributed by atoms with Gasteiger partial charge in [-0.05, 0) is 42.7 Å². The second kappa shape index (κ2) is 11.1. The van der Waals surface area contributed by atoms with Gasteiger partial charge in [0.05, 0.1) is 12.2 Å². The molecule has 0 unspecified atom stereocenters. The molecular weight excluding hydrogens is 397 g/mol. The molecule has 0 atom stereocenters. The predicted octanol–water partition coefficient (Wildman–Crippen LogP) is 4.77. The molecule has 31 heavy (non-hydrogen) atoms. The molecule has 0 saturated carbocycles. The minimum atomic E-state index is -0.307. The van der Waals surface area contributed by atoms with E-state index in [0.717, 1.165) is 29.9 Å². The van der Waals surface area contributed by atoms with E-state index in [1.54, 1.807) is 31.4 Å². The minimum absolute atomic E-state index is 0.307. The van der Waals surface area contributed by atoms with Crippen LogP contribution >= 0.6 is 0 Å². The number of hydrogen-bond acceptors (Lipinski definition) is 5. The summed E-state index contributed by atoms with van der Waals surface area (Å²) in [7, 11) is 1.71. The first-order chi connectivity index (χ1) is 15.1. The summed E-state index contributed by atoms with van der Waals surface area (Å²) in [5, 5.41) is 10.6. The van der Waals surface area contributed by atoms with Gasteiger partial charge in [0.1, 0.15) is 11.6 Å². The number of aliphatic imine (C=N–C) groups is 1. The van der Waals surface area contributed by atoms with Crippen LogP contribution < -0.4 is 15.4 Å². The zero-order valence-corrected chi connectivity index (χ0v) is 18.1. The monoisotopic (exact) mass is 425 g/mol. The summed E-state index contributed by atoms with van der Waals surface area (Å²) in [5.74, 6) is 2.51. The van der Waals surface area contributed by atoms with Crippen molar-refractivity contribution in [1.29, 1.82) is 0 Å². The average molecular weight is 426 g/mol. The summed E-state index contributed by atoms with van der Waals surface area (Å²) in [6.45, 7) is 5.35. The molecule has 2 N–H and O–H groups in total. The maximum absolute atomic E-state index is 13.0. The van der Waals surface area contributed by atoms with Crippen molar-refractivity contribution in [2.75, 3.05) is 7.05 Å². The van der Waals surface area contributed by atoms with Crippen LogP contribution in [0.25, 0.3) is 0 Å². The van der Waals surface area contributed by atoms with Crippen molar-refractivity contribution in [2.45, 2.75) is 45.7 Å². The van der Waals surface area contributed by atoms with Gasteiger partial charge in [0.25, 0.3) is 0 Å². The van der Waals surface area contributed by atoms with E-state index in [4.69, 9.17) is 9.26 Å². The van der Waals surface area contributed by atoms with Crippen LogP contribution in [0.5, 0.6) is 11.6 Å². The summed E-state index contributed by atoms with van der Waals surface area (Å²) in [4.78, 5) is 8.52. The summed E-state index contributed by atoms with van der Waals surface area (Å²) in [6, 6.07) is 11.5. The van der Waals surface area contributed by atoms with Crippen molar-refractivity contribution in [3.63, 3.8) is 0 Å². The standard InChI is InChI=1S/C23H28FN5O2/c1-4-17(5-2)21-12-20(31-29-21)15-28-23(25-3)27-14-16-6-11-22(26-13-16)30-19-9-7-18(24)8-10-19/h6-13,17H,4-5,14-15H2,1-3H3,(H2,25,27,28). The Morgan fingerprint density at radius 2 is 1.84 bits per heavy atom. The highest BCUT2D eigenvalue weighted by Gasteiger charge is 2.13. The first kappa shape index (κ1) is 22.3. The molecule has 8 heteroatoms. The third-order valence-corrected chi connectivity index (χ3v) is 4.93. The van der Waals surface area contributed by atoms with E-state index in [0.29, 0.717) is 36.6 Å². The van der Waals surface area contributed by atoms with Crippen LogP contribution in [0.4, 0.5) is 4.39 Å². The molecule has 0 bridgehead atoms. The third-order valence-electron chi connectivity index (χ3n) is 4.93. The van der Waals surface area contributed by atoms with Crippen LogP contribution in [0.2, 0.25) is 0 Å². The molecule has 0 aliphatic carbocycles. The fourth-order valence-electron chi connectivity index (χ4n) is 3.09. The molecule has 0 aliphatic heterocycles. The lowest BCUT2D eigenvalue weighted by molar-refractivity contribution is 0.368. The van der Waals surface area contributed by atoms with E-state index in [-0.39, 0.29) is 5.82 Å². The quantitative estimate of drug-likeness (QED) is 0.379. The molecule has 0 fully saturated rings. The third kappa shape index (κ3) is 6.53. The van der Waals surface area contributed by atoms with E-state index in [1.807, 2.05) is 12.1 Å². The van der Waals surface area contributed by atoms with Crippen LogP contribution in [-0.4, -0.2) is 23.1 Å². The van der Waals surface area contributed by atoms with Crippen LogP contribution in [0.15, 0.2) is 58.2 Å². The van der Waals surface area contributed by atoms with Crippen molar-refractivity contribution in [2.24, 2.45) is 4.99 Å². The highest BCUT2D eigenvalue weighted by atomic mass is 19.1. The van der Waals surface area contributed by atoms with Gasteiger partial charge in [-0.15, -0.1) is 0 Å². The molecule has 0 amide bonds. The number of aromatic nitrogens is 2. The van der Waals surface area contributed by atoms with Crippen LogP contribution in [0.3, 0.4) is 0 Å². The van der Waals surface area contributed by atoms with E-state index in [2.05, 4.69) is 39.6 Å². The smallest absolute Gasteiger partial charge is 0.219 e. The lowest BCUT2D eigenvalue weighted by atomic mass is 9.99. The molecule has 2 aromatic heterocycles. The van der Waals surface area contributed by atoms with Crippen LogP contribution in [0, 0.1) is 5.82 Å². The fourth-order valence-corrected chi connectivity index (χ4v) is 3.09. The summed E-state index contributed by atoms with van der Waals surface area (Å²) >= 11 is 0. The number of ether oxygens (including phenoxy) is 1. The van der Waals surface area contributed by atoms with Crippen molar-refractivity contribution >= 4 is 5.96 Å². The molecule has 164 valence electrons. The van der Waals surface area contributed by atoms with Crippen LogP contribution in [-0.2, 0) is 13.1 Å². The second-order valence-corrected chi connectivity index (χ2v) is 7.07. The lowest BCUT2D eigenvalue weighted by Gasteiger charge is -2.11. The number of nitrogens with zero attached hydrogens (tertiary/aromatic N) is 3. The average Bonchev–Trinajstić information content (AvgIpc) is 3.26.